The minimum Gasteiger partial charge on any atom is -0.454 e. The molecule has 0 radical (unpaired) electrons. The zero-order chi connectivity index (χ0) is 21.9. The highest BCUT2D eigenvalue weighted by molar-refractivity contribution is 6.45. The van der Waals surface area contributed by atoms with Crippen molar-refractivity contribution in [1.29, 1.82) is 0 Å². The minimum atomic E-state index is -0.962. The molecule has 2 aromatic rings. The first-order valence-corrected chi connectivity index (χ1v) is 11.6. The Labute approximate surface area is 192 Å². The zero-order valence-electron chi connectivity index (χ0n) is 17.8. The third-order valence-corrected chi connectivity index (χ3v) is 6.44. The Morgan fingerprint density at radius 3 is 2.75 bits per heavy atom. The van der Waals surface area contributed by atoms with Crippen molar-refractivity contribution in [3.63, 3.8) is 0 Å². The van der Waals surface area contributed by atoms with Crippen LogP contribution >= 0.6 is 11.6 Å². The van der Waals surface area contributed by atoms with Gasteiger partial charge in [-0.15, -0.1) is 11.6 Å². The summed E-state index contributed by atoms with van der Waals surface area (Å²) in [5.74, 6) is 1.09. The fourth-order valence-corrected chi connectivity index (χ4v) is 4.70. The number of aliphatic imine (C=N–C) groups is 1. The number of nitrogens with one attached hydrogen (secondary N) is 2. The Balaban J connectivity index is 1.49. The van der Waals surface area contributed by atoms with E-state index in [1.54, 1.807) is 0 Å². The first-order chi connectivity index (χ1) is 15.7. The van der Waals surface area contributed by atoms with Crippen molar-refractivity contribution in [1.82, 2.24) is 15.5 Å². The molecular formula is C24H27ClN4O3. The summed E-state index contributed by atoms with van der Waals surface area (Å²) in [6.45, 7) is 3.57. The summed E-state index contributed by atoms with van der Waals surface area (Å²) in [6.07, 6.45) is 1.84. The third-order valence-electron chi connectivity index (χ3n) is 6.05. The van der Waals surface area contributed by atoms with Crippen LogP contribution in [0.25, 0.3) is 0 Å². The minimum absolute atomic E-state index is 0.0268. The summed E-state index contributed by atoms with van der Waals surface area (Å²) in [4.78, 5) is 20.4. The van der Waals surface area contributed by atoms with E-state index in [1.807, 2.05) is 53.4 Å². The molecular weight excluding hydrogens is 428 g/mol. The number of hydrogen-bond donors (Lipinski definition) is 2. The standard InChI is InChI=1S/C24H27ClN4O3/c25-22(24(30)29(15-16-6-5-13-31-16)21-14-26-11-12-27-21)23-17-7-1-3-9-19(17)32-20-10-4-2-8-18(20)28-23/h1-4,7-10,16,21-22,26-27H,5-6,11-15H2/t16-,21?,22?/m0/s1. The monoisotopic (exact) mass is 454 g/mol. The molecule has 5 rings (SSSR count). The van der Waals surface area contributed by atoms with Crippen LogP contribution < -0.4 is 15.4 Å². The lowest BCUT2D eigenvalue weighted by Crippen LogP contribution is -2.61. The molecule has 0 spiro atoms. The van der Waals surface area contributed by atoms with Crippen molar-refractivity contribution >= 4 is 28.9 Å². The maximum absolute atomic E-state index is 13.8. The largest absolute Gasteiger partial charge is 0.454 e. The second kappa shape index (κ2) is 9.58. The van der Waals surface area contributed by atoms with Gasteiger partial charge in [0.1, 0.15) is 11.4 Å². The normalized spacial score (nSPS) is 23.2. The van der Waals surface area contributed by atoms with Gasteiger partial charge in [-0.2, -0.15) is 0 Å². The number of para-hydroxylation sites is 3. The van der Waals surface area contributed by atoms with Gasteiger partial charge in [0, 0.05) is 38.3 Å². The first-order valence-electron chi connectivity index (χ1n) is 11.2. The van der Waals surface area contributed by atoms with Crippen molar-refractivity contribution < 1.29 is 14.3 Å². The third kappa shape index (κ3) is 4.38. The van der Waals surface area contributed by atoms with E-state index in [-0.39, 0.29) is 18.2 Å². The quantitative estimate of drug-likeness (QED) is 0.679. The number of carbonyl (C=O) groups excluding carboxylic acids is 1. The SMILES string of the molecule is O=C(C(Cl)C1=Nc2ccccc2Oc2ccccc21)N(C[C@@H]1CCCO1)C1CNCCN1. The molecule has 1 amide bonds. The smallest absolute Gasteiger partial charge is 0.248 e. The Hall–Kier alpha value is -2.45. The van der Waals surface area contributed by atoms with E-state index in [4.69, 9.17) is 26.1 Å². The van der Waals surface area contributed by atoms with Gasteiger partial charge < -0.3 is 19.7 Å². The van der Waals surface area contributed by atoms with Crippen molar-refractivity contribution in [3.8, 4) is 11.5 Å². The van der Waals surface area contributed by atoms with E-state index in [2.05, 4.69) is 10.6 Å². The van der Waals surface area contributed by atoms with Crippen LogP contribution in [0, 0.1) is 0 Å². The average Bonchev–Trinajstić information content (AvgIpc) is 3.29. The van der Waals surface area contributed by atoms with Crippen LogP contribution in [0.1, 0.15) is 18.4 Å². The number of ether oxygens (including phenoxy) is 2. The van der Waals surface area contributed by atoms with Gasteiger partial charge in [0.2, 0.25) is 5.91 Å². The summed E-state index contributed by atoms with van der Waals surface area (Å²) in [7, 11) is 0. The molecule has 3 aliphatic rings. The number of fused-ring (bicyclic) bond motifs is 2. The second-order valence-electron chi connectivity index (χ2n) is 8.23. The number of halogens is 1. The Kier molecular flexibility index (Phi) is 6.41. The molecule has 168 valence electrons. The topological polar surface area (TPSA) is 75.2 Å². The average molecular weight is 455 g/mol. The molecule has 7 nitrogen and oxygen atoms in total. The van der Waals surface area contributed by atoms with Crippen molar-refractivity contribution in [2.24, 2.45) is 4.99 Å². The summed E-state index contributed by atoms with van der Waals surface area (Å²) in [5.41, 5.74) is 1.88. The number of amides is 1. The van der Waals surface area contributed by atoms with Gasteiger partial charge in [0.05, 0.1) is 18.0 Å². The van der Waals surface area contributed by atoms with Gasteiger partial charge in [0.25, 0.3) is 0 Å². The molecule has 2 aromatic carbocycles. The lowest BCUT2D eigenvalue weighted by atomic mass is 10.0. The van der Waals surface area contributed by atoms with Crippen molar-refractivity contribution in [3.05, 3.63) is 54.1 Å². The van der Waals surface area contributed by atoms with Crippen LogP contribution in [-0.2, 0) is 9.53 Å². The first kappa shape index (κ1) is 21.4. The Morgan fingerprint density at radius 2 is 1.97 bits per heavy atom. The lowest BCUT2D eigenvalue weighted by molar-refractivity contribution is -0.134. The number of hydrogen-bond acceptors (Lipinski definition) is 6. The lowest BCUT2D eigenvalue weighted by Gasteiger charge is -2.37. The second-order valence-corrected chi connectivity index (χ2v) is 8.66. The zero-order valence-corrected chi connectivity index (χ0v) is 18.6. The molecule has 3 aliphatic heterocycles. The Morgan fingerprint density at radius 1 is 1.16 bits per heavy atom. The van der Waals surface area contributed by atoms with Gasteiger partial charge in [-0.1, -0.05) is 24.3 Å². The van der Waals surface area contributed by atoms with E-state index in [9.17, 15) is 4.79 Å². The van der Waals surface area contributed by atoms with Crippen LogP contribution in [0.2, 0.25) is 0 Å². The van der Waals surface area contributed by atoms with Gasteiger partial charge in [-0.05, 0) is 37.1 Å². The van der Waals surface area contributed by atoms with E-state index >= 15 is 0 Å². The molecule has 0 saturated carbocycles. The van der Waals surface area contributed by atoms with Crippen LogP contribution in [0.3, 0.4) is 0 Å². The highest BCUT2D eigenvalue weighted by Gasteiger charge is 2.36. The number of nitrogens with zero attached hydrogens (tertiary/aromatic N) is 2. The number of benzene rings is 2. The van der Waals surface area contributed by atoms with Gasteiger partial charge in [0.15, 0.2) is 11.1 Å². The summed E-state index contributed by atoms with van der Waals surface area (Å²) in [6, 6.07) is 15.1. The molecule has 8 heteroatoms. The molecule has 0 aromatic heterocycles. The summed E-state index contributed by atoms with van der Waals surface area (Å²) in [5, 5.41) is 5.84. The number of piperazine rings is 1. The molecule has 0 bridgehead atoms. The molecule has 3 heterocycles. The molecule has 0 aliphatic carbocycles. The molecule has 3 atom stereocenters. The number of alkyl halides is 1. The van der Waals surface area contributed by atoms with E-state index in [0.29, 0.717) is 36.0 Å². The van der Waals surface area contributed by atoms with E-state index < -0.39 is 5.38 Å². The highest BCUT2D eigenvalue weighted by atomic mass is 35.5. The van der Waals surface area contributed by atoms with Crippen LogP contribution in [0.4, 0.5) is 5.69 Å². The maximum Gasteiger partial charge on any atom is 0.248 e. The number of carbonyl (C=O) groups is 1. The van der Waals surface area contributed by atoms with Crippen LogP contribution in [-0.4, -0.2) is 67.0 Å². The molecule has 2 saturated heterocycles. The molecule has 2 N–H and O–H groups in total. The fourth-order valence-electron chi connectivity index (χ4n) is 4.40. The number of rotatable bonds is 5. The van der Waals surface area contributed by atoms with Gasteiger partial charge in [-0.3, -0.25) is 10.1 Å². The molecule has 32 heavy (non-hydrogen) atoms. The molecule has 2 fully saturated rings. The highest BCUT2D eigenvalue weighted by Crippen LogP contribution is 2.38. The Bertz CT molecular complexity index is 1000. The predicted molar refractivity (Wildman–Crippen MR) is 124 cm³/mol. The van der Waals surface area contributed by atoms with Crippen molar-refractivity contribution in [2.75, 3.05) is 32.8 Å². The van der Waals surface area contributed by atoms with Gasteiger partial charge in [-0.25, -0.2) is 4.99 Å². The van der Waals surface area contributed by atoms with Crippen molar-refractivity contribution in [2.45, 2.75) is 30.5 Å². The fraction of sp³-hybridized carbons (Fsp3) is 0.417. The summed E-state index contributed by atoms with van der Waals surface area (Å²) < 4.78 is 11.9. The maximum atomic E-state index is 13.8. The van der Waals surface area contributed by atoms with E-state index in [0.717, 1.165) is 38.1 Å². The van der Waals surface area contributed by atoms with Crippen LogP contribution in [0.15, 0.2) is 53.5 Å². The van der Waals surface area contributed by atoms with Gasteiger partial charge >= 0.3 is 0 Å². The van der Waals surface area contributed by atoms with E-state index in [1.165, 1.54) is 0 Å². The molecule has 2 unspecified atom stereocenters. The van der Waals surface area contributed by atoms with Crippen LogP contribution in [0.5, 0.6) is 11.5 Å². The summed E-state index contributed by atoms with van der Waals surface area (Å²) >= 11 is 6.91. The predicted octanol–water partition coefficient (Wildman–Crippen LogP) is 3.05.